The average Bonchev–Trinajstić information content (AvgIpc) is 2.35. The molecule has 1 aliphatic rings. The zero-order valence-corrected chi connectivity index (χ0v) is 12.2. The zero-order valence-electron chi connectivity index (χ0n) is 10.0. The zero-order chi connectivity index (χ0) is 13.3. The van der Waals surface area contributed by atoms with E-state index in [1.807, 2.05) is 6.92 Å². The molecular weight excluding hydrogens is 351 g/mol. The fourth-order valence-electron chi connectivity index (χ4n) is 2.27. The monoisotopic (exact) mass is 365 g/mol. The molecule has 1 amide bonds. The summed E-state index contributed by atoms with van der Waals surface area (Å²) in [6.07, 6.45) is 2.84. The predicted octanol–water partition coefficient (Wildman–Crippen LogP) is 3.58. The van der Waals surface area contributed by atoms with Crippen LogP contribution in [0.4, 0.5) is 8.78 Å². The molecule has 1 saturated heterocycles. The molecule has 0 saturated carbocycles. The van der Waals surface area contributed by atoms with Gasteiger partial charge in [0.05, 0.1) is 0 Å². The number of hydrogen-bond acceptors (Lipinski definition) is 1. The van der Waals surface area contributed by atoms with Gasteiger partial charge in [-0.05, 0) is 60.9 Å². The van der Waals surface area contributed by atoms with E-state index < -0.39 is 23.1 Å². The number of carbonyl (C=O) groups is 1. The molecule has 18 heavy (non-hydrogen) atoms. The van der Waals surface area contributed by atoms with Gasteiger partial charge in [-0.25, -0.2) is 8.78 Å². The number of nitrogens with zero attached hydrogens (tertiary/aromatic N) is 1. The van der Waals surface area contributed by atoms with Gasteiger partial charge in [0.15, 0.2) is 5.82 Å². The molecule has 1 fully saturated rings. The molecule has 0 aromatic heterocycles. The van der Waals surface area contributed by atoms with Crippen molar-refractivity contribution in [3.8, 4) is 0 Å². The minimum absolute atomic E-state index is 0.0444. The summed E-state index contributed by atoms with van der Waals surface area (Å²) in [5.74, 6) is -2.07. The van der Waals surface area contributed by atoms with Crippen LogP contribution in [0.15, 0.2) is 12.1 Å². The van der Waals surface area contributed by atoms with Gasteiger partial charge in [-0.1, -0.05) is 0 Å². The quantitative estimate of drug-likeness (QED) is 0.550. The van der Waals surface area contributed by atoms with Crippen LogP contribution in [0.25, 0.3) is 0 Å². The van der Waals surface area contributed by atoms with Crippen molar-refractivity contribution >= 4 is 28.5 Å². The van der Waals surface area contributed by atoms with Crippen LogP contribution in [0.2, 0.25) is 0 Å². The topological polar surface area (TPSA) is 20.3 Å². The Morgan fingerprint density at radius 2 is 2.11 bits per heavy atom. The van der Waals surface area contributed by atoms with E-state index in [4.69, 9.17) is 0 Å². The first kappa shape index (κ1) is 13.7. The van der Waals surface area contributed by atoms with E-state index in [0.29, 0.717) is 6.54 Å². The lowest BCUT2D eigenvalue weighted by molar-refractivity contribution is 0.0625. The Balaban J connectivity index is 2.36. The van der Waals surface area contributed by atoms with Crippen molar-refractivity contribution < 1.29 is 13.6 Å². The average molecular weight is 365 g/mol. The van der Waals surface area contributed by atoms with Gasteiger partial charge in [0.2, 0.25) is 0 Å². The molecule has 1 heterocycles. The highest BCUT2D eigenvalue weighted by Gasteiger charge is 2.29. The Morgan fingerprint density at radius 3 is 2.78 bits per heavy atom. The summed E-state index contributed by atoms with van der Waals surface area (Å²) in [6.45, 7) is 2.49. The molecule has 1 atom stereocenters. The standard InChI is InChI=1S/C13H14F2INO/c1-8-4-2-3-7-17(8)13(18)11-9(14)5-6-10(16)12(11)15/h5-6,8H,2-4,7H2,1H3. The minimum Gasteiger partial charge on any atom is -0.336 e. The van der Waals surface area contributed by atoms with Crippen LogP contribution in [-0.2, 0) is 0 Å². The Hall–Kier alpha value is -0.720. The Labute approximate surface area is 118 Å². The van der Waals surface area contributed by atoms with Gasteiger partial charge in [-0.15, -0.1) is 0 Å². The Bertz CT molecular complexity index is 478. The second-order valence-electron chi connectivity index (χ2n) is 4.56. The normalized spacial score (nSPS) is 20.0. The number of piperidine rings is 1. The molecule has 1 aromatic carbocycles. The third kappa shape index (κ3) is 2.50. The van der Waals surface area contributed by atoms with Gasteiger partial charge < -0.3 is 4.90 Å². The summed E-state index contributed by atoms with van der Waals surface area (Å²) in [6, 6.07) is 2.52. The van der Waals surface area contributed by atoms with Gasteiger partial charge in [-0.3, -0.25) is 4.79 Å². The van der Waals surface area contributed by atoms with E-state index in [0.717, 1.165) is 25.3 Å². The fourth-order valence-corrected chi connectivity index (χ4v) is 2.72. The number of likely N-dealkylation sites (tertiary alicyclic amines) is 1. The summed E-state index contributed by atoms with van der Waals surface area (Å²) in [5, 5.41) is 0. The Kier molecular flexibility index (Phi) is 4.19. The Morgan fingerprint density at radius 1 is 1.39 bits per heavy atom. The van der Waals surface area contributed by atoms with Gasteiger partial charge in [0.1, 0.15) is 11.4 Å². The largest absolute Gasteiger partial charge is 0.336 e. The van der Waals surface area contributed by atoms with Gasteiger partial charge in [0, 0.05) is 16.2 Å². The van der Waals surface area contributed by atoms with E-state index in [1.165, 1.54) is 6.07 Å². The number of amides is 1. The number of rotatable bonds is 1. The molecule has 1 aromatic rings. The third-order valence-electron chi connectivity index (χ3n) is 3.32. The maximum atomic E-state index is 13.9. The van der Waals surface area contributed by atoms with Gasteiger partial charge >= 0.3 is 0 Å². The van der Waals surface area contributed by atoms with Crippen molar-refractivity contribution in [2.24, 2.45) is 0 Å². The first-order chi connectivity index (χ1) is 8.52. The van der Waals surface area contributed by atoms with Crippen LogP contribution in [0.3, 0.4) is 0 Å². The summed E-state index contributed by atoms with van der Waals surface area (Å²) >= 11 is 1.76. The molecule has 2 rings (SSSR count). The van der Waals surface area contributed by atoms with Crippen LogP contribution >= 0.6 is 22.6 Å². The van der Waals surface area contributed by atoms with Crippen LogP contribution in [0.5, 0.6) is 0 Å². The van der Waals surface area contributed by atoms with Crippen molar-refractivity contribution in [3.63, 3.8) is 0 Å². The molecule has 98 valence electrons. The summed E-state index contributed by atoms with van der Waals surface area (Å²) in [7, 11) is 0. The molecular formula is C13H14F2INO. The van der Waals surface area contributed by atoms with Crippen molar-refractivity contribution in [1.82, 2.24) is 4.90 Å². The second-order valence-corrected chi connectivity index (χ2v) is 5.72. The van der Waals surface area contributed by atoms with Crippen molar-refractivity contribution in [2.45, 2.75) is 32.2 Å². The molecule has 0 radical (unpaired) electrons. The third-order valence-corrected chi connectivity index (χ3v) is 4.15. The van der Waals surface area contributed by atoms with E-state index >= 15 is 0 Å². The van der Waals surface area contributed by atoms with Crippen molar-refractivity contribution in [2.75, 3.05) is 6.54 Å². The lowest BCUT2D eigenvalue weighted by atomic mass is 10.0. The molecule has 0 N–H and O–H groups in total. The summed E-state index contributed by atoms with van der Waals surface area (Å²) in [4.78, 5) is 13.8. The number of halogens is 3. The first-order valence-corrected chi connectivity index (χ1v) is 7.04. The number of carbonyl (C=O) groups excluding carboxylic acids is 1. The molecule has 0 bridgehead atoms. The fraction of sp³-hybridized carbons (Fsp3) is 0.462. The first-order valence-electron chi connectivity index (χ1n) is 5.97. The van der Waals surface area contributed by atoms with Crippen LogP contribution < -0.4 is 0 Å². The highest BCUT2D eigenvalue weighted by molar-refractivity contribution is 14.1. The molecule has 1 aliphatic heterocycles. The smallest absolute Gasteiger partial charge is 0.260 e. The second kappa shape index (κ2) is 5.50. The number of benzene rings is 1. The van der Waals surface area contributed by atoms with Gasteiger partial charge in [0.25, 0.3) is 5.91 Å². The van der Waals surface area contributed by atoms with Gasteiger partial charge in [-0.2, -0.15) is 0 Å². The SMILES string of the molecule is CC1CCCCN1C(=O)c1c(F)ccc(I)c1F. The maximum Gasteiger partial charge on any atom is 0.260 e. The molecule has 2 nitrogen and oxygen atoms in total. The van der Waals surface area contributed by atoms with Crippen LogP contribution in [0.1, 0.15) is 36.5 Å². The summed E-state index contributed by atoms with van der Waals surface area (Å²) in [5.41, 5.74) is -0.421. The van der Waals surface area contributed by atoms with Crippen molar-refractivity contribution in [3.05, 3.63) is 32.9 Å². The molecule has 1 unspecified atom stereocenters. The minimum atomic E-state index is -0.782. The van der Waals surface area contributed by atoms with E-state index in [9.17, 15) is 13.6 Å². The lowest BCUT2D eigenvalue weighted by Crippen LogP contribution is -2.42. The lowest BCUT2D eigenvalue weighted by Gasteiger charge is -2.33. The number of hydrogen-bond donors (Lipinski definition) is 0. The van der Waals surface area contributed by atoms with E-state index in [2.05, 4.69) is 0 Å². The van der Waals surface area contributed by atoms with Crippen LogP contribution in [0, 0.1) is 15.2 Å². The molecule has 0 aliphatic carbocycles. The molecule has 0 spiro atoms. The highest BCUT2D eigenvalue weighted by atomic mass is 127. The van der Waals surface area contributed by atoms with E-state index in [1.54, 1.807) is 27.5 Å². The van der Waals surface area contributed by atoms with Crippen LogP contribution in [-0.4, -0.2) is 23.4 Å². The maximum absolute atomic E-state index is 13.9. The molecule has 5 heteroatoms. The van der Waals surface area contributed by atoms with E-state index in [-0.39, 0.29) is 9.61 Å². The van der Waals surface area contributed by atoms with Crippen molar-refractivity contribution in [1.29, 1.82) is 0 Å². The predicted molar refractivity (Wildman–Crippen MR) is 73.4 cm³/mol. The highest BCUT2D eigenvalue weighted by Crippen LogP contribution is 2.24. The summed E-state index contributed by atoms with van der Waals surface area (Å²) < 4.78 is 27.8.